The Labute approximate surface area is 159 Å². The van der Waals surface area contributed by atoms with Crippen molar-refractivity contribution in [3.05, 3.63) is 29.8 Å². The van der Waals surface area contributed by atoms with Crippen molar-refractivity contribution in [1.82, 2.24) is 10.2 Å². The highest BCUT2D eigenvalue weighted by Gasteiger charge is 2.35. The van der Waals surface area contributed by atoms with Crippen molar-refractivity contribution in [2.75, 3.05) is 19.7 Å². The second-order valence-electron chi connectivity index (χ2n) is 7.10. The Kier molecular flexibility index (Phi) is 7.21. The number of hydrogen-bond donors (Lipinski definition) is 2. The van der Waals surface area contributed by atoms with Crippen molar-refractivity contribution in [3.63, 3.8) is 0 Å². The van der Waals surface area contributed by atoms with Crippen molar-refractivity contribution in [3.8, 4) is 5.75 Å². The first-order chi connectivity index (χ1) is 12.8. The largest absolute Gasteiger partial charge is 0.494 e. The highest BCUT2D eigenvalue weighted by atomic mass is 16.5. The first kappa shape index (κ1) is 20.7. The number of nitrogens with zero attached hydrogens (tertiary/aromatic N) is 1. The summed E-state index contributed by atoms with van der Waals surface area (Å²) in [6.07, 6.45) is 0.490. The quantitative estimate of drug-likeness (QED) is 0.684. The van der Waals surface area contributed by atoms with E-state index in [1.807, 2.05) is 32.9 Å². The summed E-state index contributed by atoms with van der Waals surface area (Å²) in [5, 5.41) is 12.2. The van der Waals surface area contributed by atoms with Gasteiger partial charge in [0.2, 0.25) is 11.8 Å². The molecule has 2 rings (SSSR count). The van der Waals surface area contributed by atoms with Gasteiger partial charge in [-0.15, -0.1) is 0 Å². The Morgan fingerprint density at radius 1 is 1.30 bits per heavy atom. The predicted molar refractivity (Wildman–Crippen MR) is 100 cm³/mol. The number of carboxylic acid groups (broad SMARTS) is 1. The van der Waals surface area contributed by atoms with Gasteiger partial charge < -0.3 is 20.1 Å². The van der Waals surface area contributed by atoms with E-state index in [2.05, 4.69) is 5.32 Å². The molecule has 0 bridgehead atoms. The normalized spacial score (nSPS) is 17.9. The average molecular weight is 376 g/mol. The molecule has 0 spiro atoms. The van der Waals surface area contributed by atoms with Crippen LogP contribution in [0.2, 0.25) is 0 Å². The lowest BCUT2D eigenvalue weighted by Gasteiger charge is -2.21. The molecule has 1 aliphatic rings. The van der Waals surface area contributed by atoms with Gasteiger partial charge in [-0.05, 0) is 44.9 Å². The standard InChI is InChI=1S/C20H28N2O5/c1-4-27-17-7-5-14(6-8-17)9-15(20(25)26)11-21-19(24)16-10-18(23)22(12-16)13(2)3/h5-8,13,15-16H,4,9-12H2,1-3H3,(H,21,24)(H,25,26). The van der Waals surface area contributed by atoms with Gasteiger partial charge in [-0.3, -0.25) is 14.4 Å². The monoisotopic (exact) mass is 376 g/mol. The number of aliphatic carboxylic acids is 1. The summed E-state index contributed by atoms with van der Waals surface area (Å²) in [5.74, 6) is -1.67. The van der Waals surface area contributed by atoms with Crippen molar-refractivity contribution in [2.24, 2.45) is 11.8 Å². The molecule has 7 nitrogen and oxygen atoms in total. The van der Waals surface area contributed by atoms with Gasteiger partial charge in [-0.25, -0.2) is 0 Å². The molecule has 1 fully saturated rings. The highest BCUT2D eigenvalue weighted by molar-refractivity contribution is 5.89. The molecular weight excluding hydrogens is 348 g/mol. The van der Waals surface area contributed by atoms with Gasteiger partial charge in [0.1, 0.15) is 5.75 Å². The molecule has 0 saturated carbocycles. The Morgan fingerprint density at radius 3 is 2.48 bits per heavy atom. The fourth-order valence-electron chi connectivity index (χ4n) is 3.19. The van der Waals surface area contributed by atoms with Gasteiger partial charge in [0.05, 0.1) is 18.4 Å². The zero-order chi connectivity index (χ0) is 20.0. The molecular formula is C20H28N2O5. The molecule has 0 aliphatic carbocycles. The number of carboxylic acids is 1. The first-order valence-electron chi connectivity index (χ1n) is 9.33. The smallest absolute Gasteiger partial charge is 0.308 e. The summed E-state index contributed by atoms with van der Waals surface area (Å²) in [7, 11) is 0. The third-order valence-electron chi connectivity index (χ3n) is 4.74. The zero-order valence-electron chi connectivity index (χ0n) is 16.1. The van der Waals surface area contributed by atoms with E-state index in [-0.39, 0.29) is 30.8 Å². The molecule has 2 amide bonds. The van der Waals surface area contributed by atoms with E-state index in [4.69, 9.17) is 4.74 Å². The van der Waals surface area contributed by atoms with Crippen molar-refractivity contribution in [2.45, 2.75) is 39.7 Å². The Hall–Kier alpha value is -2.57. The molecule has 2 N–H and O–H groups in total. The summed E-state index contributed by atoms with van der Waals surface area (Å²) in [6, 6.07) is 7.33. The van der Waals surface area contributed by atoms with Gasteiger partial charge in [0.15, 0.2) is 0 Å². The van der Waals surface area contributed by atoms with Crippen LogP contribution in [0.5, 0.6) is 5.75 Å². The molecule has 1 aromatic carbocycles. The number of carbonyl (C=O) groups is 3. The molecule has 1 aromatic rings. The summed E-state index contributed by atoms with van der Waals surface area (Å²) in [6.45, 7) is 6.72. The van der Waals surface area contributed by atoms with Crippen LogP contribution in [0.25, 0.3) is 0 Å². The highest BCUT2D eigenvalue weighted by Crippen LogP contribution is 2.20. The maximum atomic E-state index is 12.4. The fraction of sp³-hybridized carbons (Fsp3) is 0.550. The minimum atomic E-state index is -0.963. The van der Waals surface area contributed by atoms with Gasteiger partial charge in [0, 0.05) is 25.6 Å². The molecule has 27 heavy (non-hydrogen) atoms. The Bertz CT molecular complexity index is 671. The molecule has 2 atom stereocenters. The van der Waals surface area contributed by atoms with Gasteiger partial charge in [0.25, 0.3) is 0 Å². The number of rotatable bonds is 9. The van der Waals surface area contributed by atoms with E-state index in [0.717, 1.165) is 11.3 Å². The third-order valence-corrected chi connectivity index (χ3v) is 4.74. The SMILES string of the molecule is CCOc1ccc(CC(CNC(=O)C2CC(=O)N(C(C)C)C2)C(=O)O)cc1. The van der Waals surface area contributed by atoms with E-state index in [1.54, 1.807) is 17.0 Å². The van der Waals surface area contributed by atoms with Crippen molar-refractivity contribution >= 4 is 17.8 Å². The summed E-state index contributed by atoms with van der Waals surface area (Å²) < 4.78 is 5.38. The molecule has 148 valence electrons. The number of likely N-dealkylation sites (tertiary alicyclic amines) is 1. The predicted octanol–water partition coefficient (Wildman–Crippen LogP) is 1.70. The minimum Gasteiger partial charge on any atom is -0.494 e. The summed E-state index contributed by atoms with van der Waals surface area (Å²) in [5.41, 5.74) is 0.863. The van der Waals surface area contributed by atoms with Gasteiger partial charge in [-0.1, -0.05) is 12.1 Å². The second kappa shape index (κ2) is 9.39. The number of hydrogen-bond acceptors (Lipinski definition) is 4. The van der Waals surface area contributed by atoms with Crippen LogP contribution >= 0.6 is 0 Å². The Morgan fingerprint density at radius 2 is 1.96 bits per heavy atom. The second-order valence-corrected chi connectivity index (χ2v) is 7.10. The molecule has 0 radical (unpaired) electrons. The number of ether oxygens (including phenoxy) is 1. The lowest BCUT2D eigenvalue weighted by molar-refractivity contribution is -0.141. The molecule has 1 saturated heterocycles. The van der Waals surface area contributed by atoms with Crippen LogP contribution in [-0.4, -0.2) is 53.5 Å². The van der Waals surface area contributed by atoms with E-state index < -0.39 is 17.8 Å². The molecule has 0 aromatic heterocycles. The molecule has 1 heterocycles. The number of nitrogens with one attached hydrogen (secondary N) is 1. The summed E-state index contributed by atoms with van der Waals surface area (Å²) in [4.78, 5) is 37.5. The van der Waals surface area contributed by atoms with Crippen LogP contribution in [0.15, 0.2) is 24.3 Å². The number of amides is 2. The van der Waals surface area contributed by atoms with Crippen LogP contribution in [0.3, 0.4) is 0 Å². The van der Waals surface area contributed by atoms with E-state index in [1.165, 1.54) is 0 Å². The minimum absolute atomic E-state index is 0.0330. The van der Waals surface area contributed by atoms with Crippen LogP contribution in [0.4, 0.5) is 0 Å². The summed E-state index contributed by atoms with van der Waals surface area (Å²) >= 11 is 0. The van der Waals surface area contributed by atoms with E-state index in [0.29, 0.717) is 19.6 Å². The van der Waals surface area contributed by atoms with Crippen LogP contribution < -0.4 is 10.1 Å². The fourth-order valence-corrected chi connectivity index (χ4v) is 3.19. The van der Waals surface area contributed by atoms with Gasteiger partial charge >= 0.3 is 5.97 Å². The molecule has 7 heteroatoms. The van der Waals surface area contributed by atoms with Crippen LogP contribution in [0, 0.1) is 11.8 Å². The first-order valence-corrected chi connectivity index (χ1v) is 9.33. The topological polar surface area (TPSA) is 95.9 Å². The molecule has 1 aliphatic heterocycles. The van der Waals surface area contributed by atoms with Gasteiger partial charge in [-0.2, -0.15) is 0 Å². The zero-order valence-corrected chi connectivity index (χ0v) is 16.1. The number of benzene rings is 1. The van der Waals surface area contributed by atoms with Crippen LogP contribution in [-0.2, 0) is 20.8 Å². The van der Waals surface area contributed by atoms with Crippen molar-refractivity contribution in [1.29, 1.82) is 0 Å². The lowest BCUT2D eigenvalue weighted by Crippen LogP contribution is -2.39. The van der Waals surface area contributed by atoms with E-state index >= 15 is 0 Å². The van der Waals surface area contributed by atoms with Crippen molar-refractivity contribution < 1.29 is 24.2 Å². The lowest BCUT2D eigenvalue weighted by atomic mass is 9.98. The third kappa shape index (κ3) is 5.70. The average Bonchev–Trinajstić information content (AvgIpc) is 3.02. The van der Waals surface area contributed by atoms with Crippen LogP contribution in [0.1, 0.15) is 32.8 Å². The van der Waals surface area contributed by atoms with E-state index in [9.17, 15) is 19.5 Å². The number of carbonyl (C=O) groups excluding carboxylic acids is 2. The molecule has 2 unspecified atom stereocenters. The Balaban J connectivity index is 1.90. The maximum absolute atomic E-state index is 12.4. The maximum Gasteiger partial charge on any atom is 0.308 e.